The lowest BCUT2D eigenvalue weighted by Gasteiger charge is -2.41. The smallest absolute Gasteiger partial charge is 0.404 e. The fourth-order valence-electron chi connectivity index (χ4n) is 6.34. The first-order valence-corrected chi connectivity index (χ1v) is 16.1. The molecule has 0 radical (unpaired) electrons. The first-order chi connectivity index (χ1) is 21.4. The molecule has 0 amide bonds. The summed E-state index contributed by atoms with van der Waals surface area (Å²) in [6, 6.07) is 8.79. The second kappa shape index (κ2) is 12.1. The van der Waals surface area contributed by atoms with Crippen molar-refractivity contribution in [1.82, 2.24) is 24.3 Å². The van der Waals surface area contributed by atoms with E-state index >= 15 is 4.39 Å². The van der Waals surface area contributed by atoms with E-state index in [2.05, 4.69) is 36.1 Å². The Morgan fingerprint density at radius 2 is 1.67 bits per heavy atom. The molecule has 10 nitrogen and oxygen atoms in total. The van der Waals surface area contributed by atoms with Crippen LogP contribution < -0.4 is 15.2 Å². The molecule has 2 aliphatic rings. The first kappa shape index (κ1) is 31.0. The molecule has 1 aliphatic heterocycles. The van der Waals surface area contributed by atoms with Crippen LogP contribution in [-0.2, 0) is 10.0 Å². The number of hydrogen-bond acceptors (Lipinski definition) is 8. The molecule has 15 heteroatoms. The Hall–Kier alpha value is -3.95. The lowest BCUT2D eigenvalue weighted by molar-refractivity contribution is -0.275. The quantitative estimate of drug-likeness (QED) is 0.261. The van der Waals surface area contributed by atoms with E-state index in [1.165, 1.54) is 30.6 Å². The number of nitrogen functional groups attached to an aromatic ring is 1. The van der Waals surface area contributed by atoms with Gasteiger partial charge in [0.1, 0.15) is 34.3 Å². The van der Waals surface area contributed by atoms with E-state index in [4.69, 9.17) is 5.73 Å². The van der Waals surface area contributed by atoms with Crippen molar-refractivity contribution < 1.29 is 30.7 Å². The summed E-state index contributed by atoms with van der Waals surface area (Å²) in [5.74, 6) is -1.64. The standard InChI is InChI=1S/C30H33F4N7O3S/c1-39-12-14-40(15-13-39)20-7-9-21(10-8-20)41-17-22(27-28(35)36-18-37-29(27)41)19-6-11-24(23(31)16-19)38-45(42,43)26-5-3-2-4-25(26)44-30(32,33)34/h2-6,11,16-18,20-21,38H,7-10,12-15H2,1H3,(H2,35,36,37). The molecule has 0 atom stereocenters. The number of piperazine rings is 1. The molecule has 4 aromatic rings. The predicted molar refractivity (Wildman–Crippen MR) is 162 cm³/mol. The summed E-state index contributed by atoms with van der Waals surface area (Å²) in [6.07, 6.45) is 2.15. The van der Waals surface area contributed by atoms with Crippen LogP contribution in [0, 0.1) is 5.82 Å². The molecule has 0 bridgehead atoms. The fourth-order valence-corrected chi connectivity index (χ4v) is 7.54. The molecule has 2 aromatic heterocycles. The Morgan fingerprint density at radius 1 is 0.978 bits per heavy atom. The Bertz CT molecular complexity index is 1800. The van der Waals surface area contributed by atoms with E-state index in [-0.39, 0.29) is 11.9 Å². The number of alkyl halides is 3. The Morgan fingerprint density at radius 3 is 2.36 bits per heavy atom. The number of rotatable bonds is 7. The minimum absolute atomic E-state index is 0.161. The highest BCUT2D eigenvalue weighted by atomic mass is 32.2. The molecule has 45 heavy (non-hydrogen) atoms. The van der Waals surface area contributed by atoms with Crippen LogP contribution in [0.1, 0.15) is 31.7 Å². The van der Waals surface area contributed by atoms with Crippen LogP contribution in [0.15, 0.2) is 59.9 Å². The monoisotopic (exact) mass is 647 g/mol. The number of benzene rings is 2. The second-order valence-corrected chi connectivity index (χ2v) is 13.2. The number of fused-ring (bicyclic) bond motifs is 1. The first-order valence-electron chi connectivity index (χ1n) is 14.6. The lowest BCUT2D eigenvalue weighted by Crippen LogP contribution is -2.49. The van der Waals surface area contributed by atoms with Crippen LogP contribution in [0.3, 0.4) is 0 Å². The number of nitrogens with two attached hydrogens (primary N) is 1. The molecular formula is C30H33F4N7O3S. The van der Waals surface area contributed by atoms with Gasteiger partial charge in [0.25, 0.3) is 10.0 Å². The minimum atomic E-state index is -5.12. The summed E-state index contributed by atoms with van der Waals surface area (Å²) in [5, 5.41) is 0.560. The zero-order valence-electron chi connectivity index (χ0n) is 24.5. The average molecular weight is 648 g/mol. The summed E-state index contributed by atoms with van der Waals surface area (Å²) in [7, 11) is -2.50. The van der Waals surface area contributed by atoms with E-state index in [0.29, 0.717) is 28.2 Å². The second-order valence-electron chi connectivity index (χ2n) is 11.5. The molecule has 3 N–H and O–H groups in total. The highest BCUT2D eigenvalue weighted by Crippen LogP contribution is 2.40. The van der Waals surface area contributed by atoms with Crippen molar-refractivity contribution in [2.24, 2.45) is 0 Å². The third-order valence-corrected chi connectivity index (χ3v) is 10.0. The highest BCUT2D eigenvalue weighted by Gasteiger charge is 2.34. The normalized spacial score (nSPS) is 20.4. The van der Waals surface area contributed by atoms with E-state index < -0.39 is 38.5 Å². The van der Waals surface area contributed by atoms with Gasteiger partial charge in [0.05, 0.1) is 11.1 Å². The van der Waals surface area contributed by atoms with Gasteiger partial charge in [-0.05, 0) is 62.6 Å². The van der Waals surface area contributed by atoms with E-state index in [0.717, 1.165) is 70.1 Å². The number of ether oxygens (including phenoxy) is 1. The predicted octanol–water partition coefficient (Wildman–Crippen LogP) is 5.25. The molecule has 2 aromatic carbocycles. The maximum atomic E-state index is 15.4. The zero-order chi connectivity index (χ0) is 31.9. The van der Waals surface area contributed by atoms with Crippen LogP contribution >= 0.6 is 0 Å². The molecule has 3 heterocycles. The molecular weight excluding hydrogens is 614 g/mol. The van der Waals surface area contributed by atoms with Gasteiger partial charge in [-0.15, -0.1) is 13.2 Å². The number of likely N-dealkylation sites (N-methyl/N-ethyl adjacent to an activating group) is 1. The number of para-hydroxylation sites is 1. The van der Waals surface area contributed by atoms with E-state index in [1.807, 2.05) is 10.9 Å². The van der Waals surface area contributed by atoms with Crippen molar-refractivity contribution in [3.63, 3.8) is 0 Å². The van der Waals surface area contributed by atoms with Gasteiger partial charge in [0.15, 0.2) is 0 Å². The molecule has 1 saturated carbocycles. The van der Waals surface area contributed by atoms with Gasteiger partial charge in [-0.1, -0.05) is 18.2 Å². The Labute approximate surface area is 257 Å². The highest BCUT2D eigenvalue weighted by molar-refractivity contribution is 7.92. The van der Waals surface area contributed by atoms with Gasteiger partial charge >= 0.3 is 6.36 Å². The molecule has 1 aliphatic carbocycles. The fraction of sp³-hybridized carbons (Fsp3) is 0.400. The van der Waals surface area contributed by atoms with Gasteiger partial charge in [0.2, 0.25) is 0 Å². The van der Waals surface area contributed by atoms with Crippen LogP contribution in [0.2, 0.25) is 0 Å². The average Bonchev–Trinajstić information content (AvgIpc) is 3.39. The lowest BCUT2D eigenvalue weighted by atomic mass is 9.89. The van der Waals surface area contributed by atoms with Crippen LogP contribution in [0.5, 0.6) is 5.75 Å². The third kappa shape index (κ3) is 6.56. The van der Waals surface area contributed by atoms with E-state index in [1.54, 1.807) is 0 Å². The zero-order valence-corrected chi connectivity index (χ0v) is 25.3. The Balaban J connectivity index is 1.26. The summed E-state index contributed by atoms with van der Waals surface area (Å²) in [5.41, 5.74) is 7.47. The van der Waals surface area contributed by atoms with Crippen LogP contribution in [0.25, 0.3) is 22.2 Å². The van der Waals surface area contributed by atoms with Crippen molar-refractivity contribution in [2.45, 2.75) is 49.0 Å². The van der Waals surface area contributed by atoms with Gasteiger partial charge in [-0.25, -0.2) is 22.8 Å². The van der Waals surface area contributed by atoms with Gasteiger partial charge < -0.3 is 19.9 Å². The van der Waals surface area contributed by atoms with Crippen LogP contribution in [-0.4, -0.2) is 78.4 Å². The van der Waals surface area contributed by atoms with Crippen LogP contribution in [0.4, 0.5) is 29.1 Å². The maximum absolute atomic E-state index is 15.4. The summed E-state index contributed by atoms with van der Waals surface area (Å²) < 4.78 is 88.0. The number of aromatic nitrogens is 3. The summed E-state index contributed by atoms with van der Waals surface area (Å²) >= 11 is 0. The van der Waals surface area contributed by atoms with Crippen molar-refractivity contribution in [2.75, 3.05) is 43.7 Å². The maximum Gasteiger partial charge on any atom is 0.573 e. The largest absolute Gasteiger partial charge is 0.573 e. The number of halogens is 4. The molecule has 1 saturated heterocycles. The number of nitrogens with one attached hydrogen (secondary N) is 1. The SMILES string of the molecule is CN1CCN(C2CCC(n3cc(-c4ccc(NS(=O)(=O)c5ccccc5OC(F)(F)F)c(F)c4)c4c(N)ncnc43)CC2)CC1. The van der Waals surface area contributed by atoms with Crippen molar-refractivity contribution in [1.29, 1.82) is 0 Å². The summed E-state index contributed by atoms with van der Waals surface area (Å²) in [4.78, 5) is 12.8. The van der Waals surface area contributed by atoms with Gasteiger partial charge in [-0.3, -0.25) is 9.62 Å². The Kier molecular flexibility index (Phi) is 8.35. The molecule has 0 spiro atoms. The number of anilines is 2. The molecule has 0 unspecified atom stereocenters. The third-order valence-electron chi connectivity index (χ3n) is 8.64. The molecule has 6 rings (SSSR count). The van der Waals surface area contributed by atoms with Gasteiger partial charge in [0, 0.05) is 50.0 Å². The van der Waals surface area contributed by atoms with Crippen molar-refractivity contribution >= 4 is 32.6 Å². The number of hydrogen-bond donors (Lipinski definition) is 2. The molecule has 2 fully saturated rings. The minimum Gasteiger partial charge on any atom is -0.404 e. The number of nitrogens with zero attached hydrogens (tertiary/aromatic N) is 5. The van der Waals surface area contributed by atoms with Gasteiger partial charge in [-0.2, -0.15) is 0 Å². The van der Waals surface area contributed by atoms with Crippen molar-refractivity contribution in [3.05, 3.63) is 60.8 Å². The van der Waals surface area contributed by atoms with Crippen molar-refractivity contribution in [3.8, 4) is 16.9 Å². The number of sulfonamides is 1. The summed E-state index contributed by atoms with van der Waals surface area (Å²) in [6.45, 7) is 4.27. The van der Waals surface area contributed by atoms with E-state index in [9.17, 15) is 21.6 Å². The topological polar surface area (TPSA) is 119 Å². The molecule has 240 valence electrons.